The van der Waals surface area contributed by atoms with Crippen molar-refractivity contribution in [1.82, 2.24) is 5.32 Å². The number of amides is 1. The van der Waals surface area contributed by atoms with Crippen LogP contribution in [0.25, 0.3) is 10.8 Å². The molecule has 0 aromatic heterocycles. The third-order valence-electron chi connectivity index (χ3n) is 5.50. The molecule has 0 saturated carbocycles. The summed E-state index contributed by atoms with van der Waals surface area (Å²) in [5, 5.41) is 12.9. The zero-order valence-electron chi connectivity index (χ0n) is 17.6. The van der Waals surface area contributed by atoms with Gasteiger partial charge in [0.2, 0.25) is 0 Å². The number of carbonyl (C=O) groups excluding carboxylic acids is 1. The van der Waals surface area contributed by atoms with Crippen LogP contribution >= 0.6 is 0 Å². The lowest BCUT2D eigenvalue weighted by atomic mass is 10.0. The summed E-state index contributed by atoms with van der Waals surface area (Å²) in [5.74, 6) is -0.696. The molecular formula is C22H31NO4Si. The zero-order chi connectivity index (χ0) is 21.1. The fourth-order valence-corrected chi connectivity index (χ4v) is 9.56. The Kier molecular flexibility index (Phi) is 6.88. The maximum atomic E-state index is 12.5. The number of aliphatic carboxylic acids is 1. The van der Waals surface area contributed by atoms with E-state index in [-0.39, 0.29) is 0 Å². The van der Waals surface area contributed by atoms with Crippen molar-refractivity contribution in [2.75, 3.05) is 6.54 Å². The highest BCUT2D eigenvalue weighted by molar-refractivity contribution is 6.78. The summed E-state index contributed by atoms with van der Waals surface area (Å²) in [6, 6.07) is 11.3. The lowest BCUT2D eigenvalue weighted by Gasteiger charge is -2.42. The number of benzene rings is 2. The molecule has 2 N–H and O–H groups in total. The summed E-state index contributed by atoms with van der Waals surface area (Å²) in [4.78, 5) is 23.2. The first-order chi connectivity index (χ1) is 13.1. The van der Waals surface area contributed by atoms with Crippen LogP contribution in [0.5, 0.6) is 5.75 Å². The van der Waals surface area contributed by atoms with Crippen LogP contribution in [0.2, 0.25) is 16.6 Å². The third-order valence-corrected chi connectivity index (χ3v) is 11.5. The SMILES string of the molecule is CC(C)[Si](Oc1ccc2cccc(C(=O)NCC(=O)O)c2c1)(C(C)C)C(C)C. The molecule has 0 spiro atoms. The molecule has 1 amide bonds. The van der Waals surface area contributed by atoms with Crippen LogP contribution in [0.4, 0.5) is 0 Å². The van der Waals surface area contributed by atoms with Crippen molar-refractivity contribution >= 4 is 31.0 Å². The average Bonchev–Trinajstić information content (AvgIpc) is 2.62. The topological polar surface area (TPSA) is 75.6 Å². The van der Waals surface area contributed by atoms with Gasteiger partial charge in [-0.3, -0.25) is 9.59 Å². The average molecular weight is 402 g/mol. The fraction of sp³-hybridized carbons (Fsp3) is 0.455. The van der Waals surface area contributed by atoms with E-state index in [2.05, 4.69) is 46.9 Å². The smallest absolute Gasteiger partial charge is 0.322 e. The molecule has 0 radical (unpaired) electrons. The van der Waals surface area contributed by atoms with Crippen LogP contribution in [0.3, 0.4) is 0 Å². The Morgan fingerprint density at radius 3 is 2.14 bits per heavy atom. The molecule has 2 aromatic carbocycles. The van der Waals surface area contributed by atoms with Crippen molar-refractivity contribution in [3.8, 4) is 5.75 Å². The maximum absolute atomic E-state index is 12.5. The summed E-state index contributed by atoms with van der Waals surface area (Å²) in [6.45, 7) is 13.0. The Hall–Kier alpha value is -2.34. The molecule has 0 aliphatic rings. The monoisotopic (exact) mass is 401 g/mol. The molecule has 0 aliphatic carbocycles. The second-order valence-corrected chi connectivity index (χ2v) is 13.6. The number of rotatable bonds is 8. The van der Waals surface area contributed by atoms with Gasteiger partial charge in [-0.05, 0) is 45.6 Å². The van der Waals surface area contributed by atoms with E-state index in [1.54, 1.807) is 12.1 Å². The number of carboxylic acids is 1. The van der Waals surface area contributed by atoms with Crippen LogP contribution in [0.1, 0.15) is 51.9 Å². The second-order valence-electron chi connectivity index (χ2n) is 8.18. The van der Waals surface area contributed by atoms with Crippen molar-refractivity contribution < 1.29 is 19.1 Å². The highest BCUT2D eigenvalue weighted by Gasteiger charge is 2.47. The van der Waals surface area contributed by atoms with E-state index in [0.29, 0.717) is 22.2 Å². The molecule has 0 atom stereocenters. The Balaban J connectivity index is 2.48. The molecule has 5 nitrogen and oxygen atoms in total. The van der Waals surface area contributed by atoms with E-state index in [0.717, 1.165) is 16.5 Å². The predicted octanol–water partition coefficient (Wildman–Crippen LogP) is 5.21. The summed E-state index contributed by atoms with van der Waals surface area (Å²) in [5.41, 5.74) is 1.78. The van der Waals surface area contributed by atoms with E-state index in [1.165, 1.54) is 0 Å². The molecule has 152 valence electrons. The quantitative estimate of drug-likeness (QED) is 0.596. The molecule has 0 saturated heterocycles. The number of fused-ring (bicyclic) bond motifs is 1. The summed E-state index contributed by atoms with van der Waals surface area (Å²) >= 11 is 0. The lowest BCUT2D eigenvalue weighted by molar-refractivity contribution is -0.135. The Bertz CT molecular complexity index is 839. The van der Waals surface area contributed by atoms with Gasteiger partial charge >= 0.3 is 5.97 Å². The molecule has 28 heavy (non-hydrogen) atoms. The summed E-state index contributed by atoms with van der Waals surface area (Å²) in [6.07, 6.45) is 0. The molecule has 2 aromatic rings. The van der Waals surface area contributed by atoms with Gasteiger partial charge < -0.3 is 14.8 Å². The van der Waals surface area contributed by atoms with Crippen LogP contribution in [-0.2, 0) is 4.79 Å². The predicted molar refractivity (Wildman–Crippen MR) is 116 cm³/mol. The molecule has 0 heterocycles. The minimum Gasteiger partial charge on any atom is -0.543 e. The van der Waals surface area contributed by atoms with Gasteiger partial charge in [0.15, 0.2) is 0 Å². The van der Waals surface area contributed by atoms with Crippen LogP contribution in [-0.4, -0.2) is 31.8 Å². The van der Waals surface area contributed by atoms with Crippen molar-refractivity contribution in [3.63, 3.8) is 0 Å². The lowest BCUT2D eigenvalue weighted by Crippen LogP contribution is -2.50. The van der Waals surface area contributed by atoms with Gasteiger partial charge in [0, 0.05) is 5.56 Å². The summed E-state index contributed by atoms with van der Waals surface area (Å²) in [7, 11) is -2.11. The molecule has 0 unspecified atom stereocenters. The second kappa shape index (κ2) is 8.77. The number of hydrogen-bond acceptors (Lipinski definition) is 3. The van der Waals surface area contributed by atoms with Gasteiger partial charge in [0.1, 0.15) is 12.3 Å². The highest BCUT2D eigenvalue weighted by atomic mass is 28.4. The molecular weight excluding hydrogens is 370 g/mol. The first-order valence-corrected chi connectivity index (χ1v) is 11.9. The van der Waals surface area contributed by atoms with Crippen LogP contribution in [0.15, 0.2) is 36.4 Å². The van der Waals surface area contributed by atoms with Gasteiger partial charge in [-0.1, -0.05) is 59.7 Å². The van der Waals surface area contributed by atoms with Crippen molar-refractivity contribution in [1.29, 1.82) is 0 Å². The van der Waals surface area contributed by atoms with E-state index in [9.17, 15) is 9.59 Å². The van der Waals surface area contributed by atoms with E-state index >= 15 is 0 Å². The maximum Gasteiger partial charge on any atom is 0.322 e. The van der Waals surface area contributed by atoms with Gasteiger partial charge in [0.25, 0.3) is 14.2 Å². The minimum absolute atomic E-state index is 0.398. The number of carbonyl (C=O) groups is 2. The standard InChI is InChI=1S/C22H31NO4Si/c1-14(2)28(15(3)4,16(5)6)27-18-11-10-17-8-7-9-19(20(17)12-18)22(26)23-13-21(24)25/h7-12,14-16H,13H2,1-6H3,(H,23,26)(H,24,25). The Labute approximate surface area is 168 Å². The van der Waals surface area contributed by atoms with E-state index < -0.39 is 26.7 Å². The van der Waals surface area contributed by atoms with Crippen LogP contribution < -0.4 is 9.74 Å². The molecule has 0 bridgehead atoms. The first-order valence-electron chi connectivity index (χ1n) is 9.81. The molecule has 6 heteroatoms. The highest BCUT2D eigenvalue weighted by Crippen LogP contribution is 2.43. The summed E-state index contributed by atoms with van der Waals surface area (Å²) < 4.78 is 6.74. The normalized spacial score (nSPS) is 12.0. The van der Waals surface area contributed by atoms with Gasteiger partial charge in [-0.2, -0.15) is 0 Å². The number of hydrogen-bond donors (Lipinski definition) is 2. The van der Waals surface area contributed by atoms with E-state index in [1.807, 2.05) is 24.3 Å². The van der Waals surface area contributed by atoms with Gasteiger partial charge in [0.05, 0.1) is 0 Å². The van der Waals surface area contributed by atoms with Gasteiger partial charge in [-0.25, -0.2) is 0 Å². The molecule has 2 rings (SSSR count). The molecule has 0 aliphatic heterocycles. The third kappa shape index (κ3) is 4.38. The first kappa shape index (κ1) is 22.0. The minimum atomic E-state index is -2.11. The Morgan fingerprint density at radius 1 is 1.00 bits per heavy atom. The Morgan fingerprint density at radius 2 is 1.61 bits per heavy atom. The van der Waals surface area contributed by atoms with Crippen molar-refractivity contribution in [2.24, 2.45) is 0 Å². The number of nitrogens with one attached hydrogen (secondary N) is 1. The van der Waals surface area contributed by atoms with Crippen LogP contribution in [0, 0.1) is 0 Å². The molecule has 0 fully saturated rings. The largest absolute Gasteiger partial charge is 0.543 e. The zero-order valence-corrected chi connectivity index (χ0v) is 18.6. The van der Waals surface area contributed by atoms with Gasteiger partial charge in [-0.15, -0.1) is 0 Å². The van der Waals surface area contributed by atoms with Crippen molar-refractivity contribution in [3.05, 3.63) is 42.0 Å². The van der Waals surface area contributed by atoms with E-state index in [4.69, 9.17) is 9.53 Å². The van der Waals surface area contributed by atoms with Crippen molar-refractivity contribution in [2.45, 2.75) is 58.2 Å². The fourth-order valence-electron chi connectivity index (χ4n) is 4.32. The number of carboxylic acid groups (broad SMARTS) is 1.